The summed E-state index contributed by atoms with van der Waals surface area (Å²) in [7, 11) is 0. The normalized spacial score (nSPS) is 16.4. The van der Waals surface area contributed by atoms with Crippen LogP contribution in [0, 0.1) is 11.7 Å². The Kier molecular flexibility index (Phi) is 9.43. The quantitative estimate of drug-likeness (QED) is 0.328. The van der Waals surface area contributed by atoms with Crippen LogP contribution in [0.2, 0.25) is 10.0 Å². The van der Waals surface area contributed by atoms with Crippen LogP contribution in [-0.4, -0.2) is 46.3 Å². The van der Waals surface area contributed by atoms with Crippen molar-refractivity contribution in [1.82, 2.24) is 20.4 Å². The Morgan fingerprint density at radius 3 is 2.86 bits per heavy atom. The van der Waals surface area contributed by atoms with Crippen molar-refractivity contribution in [2.24, 2.45) is 5.92 Å². The Balaban J connectivity index is 1.18. The fraction of sp³-hybridized carbons (Fsp3) is 0.400. The first-order valence-electron chi connectivity index (χ1n) is 11.6. The summed E-state index contributed by atoms with van der Waals surface area (Å²) in [6.45, 7) is 2.68. The smallest absolute Gasteiger partial charge is 0.241 e. The summed E-state index contributed by atoms with van der Waals surface area (Å²) in [5, 5.41) is 8.13. The van der Waals surface area contributed by atoms with E-state index in [2.05, 4.69) is 20.4 Å². The average Bonchev–Trinajstić information content (AvgIpc) is 3.30. The molecule has 1 amide bonds. The van der Waals surface area contributed by atoms with E-state index in [1.54, 1.807) is 42.1 Å². The summed E-state index contributed by atoms with van der Waals surface area (Å²) in [4.78, 5) is 19.3. The van der Waals surface area contributed by atoms with Gasteiger partial charge in [-0.05, 0) is 67.5 Å². The van der Waals surface area contributed by atoms with E-state index in [-0.39, 0.29) is 17.6 Å². The molecule has 1 aromatic heterocycles. The van der Waals surface area contributed by atoms with Crippen LogP contribution in [0.5, 0.6) is 0 Å². The molecule has 1 saturated heterocycles. The third kappa shape index (κ3) is 7.67. The number of likely N-dealkylation sites (tertiary alicyclic amines) is 1. The fourth-order valence-electron chi connectivity index (χ4n) is 4.00. The van der Waals surface area contributed by atoms with Gasteiger partial charge in [0, 0.05) is 29.4 Å². The van der Waals surface area contributed by atoms with Crippen LogP contribution in [0.1, 0.15) is 30.7 Å². The van der Waals surface area contributed by atoms with E-state index < -0.39 is 0 Å². The molecule has 1 unspecified atom stereocenters. The number of halogens is 3. The lowest BCUT2D eigenvalue weighted by Crippen LogP contribution is -2.43. The van der Waals surface area contributed by atoms with Gasteiger partial charge in [-0.2, -0.15) is 16.7 Å². The van der Waals surface area contributed by atoms with Crippen molar-refractivity contribution < 1.29 is 13.7 Å². The van der Waals surface area contributed by atoms with Gasteiger partial charge in [0.1, 0.15) is 5.82 Å². The van der Waals surface area contributed by atoms with Crippen molar-refractivity contribution >= 4 is 40.9 Å². The van der Waals surface area contributed by atoms with Crippen molar-refractivity contribution in [2.75, 3.05) is 25.4 Å². The van der Waals surface area contributed by atoms with Gasteiger partial charge in [0.25, 0.3) is 0 Å². The average molecular weight is 537 g/mol. The minimum absolute atomic E-state index is 0.0521. The van der Waals surface area contributed by atoms with Crippen molar-refractivity contribution in [3.05, 3.63) is 69.8 Å². The van der Waals surface area contributed by atoms with Gasteiger partial charge in [-0.25, -0.2) is 4.39 Å². The first-order chi connectivity index (χ1) is 17.0. The number of hydrogen-bond acceptors (Lipinski definition) is 6. The molecule has 3 aromatic rings. The van der Waals surface area contributed by atoms with Gasteiger partial charge in [0.05, 0.1) is 17.5 Å². The van der Waals surface area contributed by atoms with Crippen LogP contribution >= 0.6 is 35.0 Å². The number of hydrogen-bond donors (Lipinski definition) is 1. The van der Waals surface area contributed by atoms with Crippen molar-refractivity contribution in [1.29, 1.82) is 0 Å². The van der Waals surface area contributed by atoms with E-state index in [4.69, 9.17) is 27.7 Å². The minimum atomic E-state index is -0.215. The molecule has 1 aliphatic rings. The summed E-state index contributed by atoms with van der Waals surface area (Å²) in [6, 6.07) is 11.7. The Morgan fingerprint density at radius 1 is 1.23 bits per heavy atom. The molecule has 1 aliphatic heterocycles. The lowest BCUT2D eigenvalue weighted by atomic mass is 9.97. The van der Waals surface area contributed by atoms with Crippen molar-refractivity contribution in [3.63, 3.8) is 0 Å². The van der Waals surface area contributed by atoms with Crippen LogP contribution in [-0.2, 0) is 17.1 Å². The number of nitrogens with zero attached hydrogens (tertiary/aromatic N) is 3. The van der Waals surface area contributed by atoms with Crippen molar-refractivity contribution in [3.8, 4) is 11.4 Å². The van der Waals surface area contributed by atoms with Crippen LogP contribution in [0.15, 0.2) is 47.0 Å². The highest BCUT2D eigenvalue weighted by molar-refractivity contribution is 7.98. The topological polar surface area (TPSA) is 71.3 Å². The van der Waals surface area contributed by atoms with E-state index in [0.717, 1.165) is 42.9 Å². The number of piperidine rings is 1. The number of benzene rings is 2. The number of thioether (sulfide) groups is 1. The molecule has 0 saturated carbocycles. The maximum Gasteiger partial charge on any atom is 0.241 e. The highest BCUT2D eigenvalue weighted by Gasteiger charge is 2.26. The van der Waals surface area contributed by atoms with Crippen LogP contribution in [0.3, 0.4) is 0 Å². The van der Waals surface area contributed by atoms with Crippen LogP contribution in [0.4, 0.5) is 4.39 Å². The Morgan fingerprint density at radius 2 is 2.06 bits per heavy atom. The molecule has 2 aromatic carbocycles. The van der Waals surface area contributed by atoms with Gasteiger partial charge in [-0.15, -0.1) is 0 Å². The highest BCUT2D eigenvalue weighted by Crippen LogP contribution is 2.28. The highest BCUT2D eigenvalue weighted by atomic mass is 35.5. The molecule has 0 aliphatic carbocycles. The maximum absolute atomic E-state index is 13.0. The number of carbonyl (C=O) groups is 1. The molecular weight excluding hydrogens is 510 g/mol. The number of aromatic nitrogens is 2. The first-order valence-corrected chi connectivity index (χ1v) is 13.5. The molecule has 6 nitrogen and oxygen atoms in total. The third-order valence-corrected chi connectivity index (χ3v) is 7.48. The van der Waals surface area contributed by atoms with Crippen LogP contribution < -0.4 is 5.32 Å². The van der Waals surface area contributed by atoms with E-state index in [1.807, 2.05) is 0 Å². The zero-order valence-electron chi connectivity index (χ0n) is 19.2. The van der Waals surface area contributed by atoms with E-state index in [1.165, 1.54) is 12.1 Å². The van der Waals surface area contributed by atoms with Gasteiger partial charge in [-0.1, -0.05) is 40.5 Å². The minimum Gasteiger partial charge on any atom is -0.356 e. The second-order valence-electron chi connectivity index (χ2n) is 8.53. The van der Waals surface area contributed by atoms with Gasteiger partial charge in [0.2, 0.25) is 17.6 Å². The Labute approximate surface area is 218 Å². The molecule has 1 atom stereocenters. The lowest BCUT2D eigenvalue weighted by Gasteiger charge is -2.30. The van der Waals surface area contributed by atoms with Gasteiger partial charge in [-0.3, -0.25) is 9.69 Å². The van der Waals surface area contributed by atoms with Crippen LogP contribution in [0.25, 0.3) is 11.4 Å². The molecule has 2 heterocycles. The zero-order chi connectivity index (χ0) is 24.6. The summed E-state index contributed by atoms with van der Waals surface area (Å²) in [6.07, 6.45) is 2.71. The third-order valence-electron chi connectivity index (χ3n) is 5.82. The second kappa shape index (κ2) is 12.7. The summed E-state index contributed by atoms with van der Waals surface area (Å²) in [5.41, 5.74) is 1.77. The molecule has 1 fully saturated rings. The molecule has 1 N–H and O–H groups in total. The van der Waals surface area contributed by atoms with E-state index in [0.29, 0.717) is 47.0 Å². The second-order valence-corrected chi connectivity index (χ2v) is 10.5. The predicted molar refractivity (Wildman–Crippen MR) is 138 cm³/mol. The summed E-state index contributed by atoms with van der Waals surface area (Å²) in [5.74, 6) is 2.52. The molecule has 186 valence electrons. The SMILES string of the molecule is O=C(NCCCSCc1ccc(F)cc1)C1CCCN(Cc2nc(-c3ccc(Cl)cc3Cl)no2)C1. The Hall–Kier alpha value is -2.13. The molecule has 10 heteroatoms. The van der Waals surface area contributed by atoms with Crippen molar-refractivity contribution in [2.45, 2.75) is 31.6 Å². The molecule has 35 heavy (non-hydrogen) atoms. The number of nitrogens with one attached hydrogen (secondary N) is 1. The summed E-state index contributed by atoms with van der Waals surface area (Å²) < 4.78 is 18.4. The first kappa shape index (κ1) is 25.9. The number of rotatable bonds is 10. The molecule has 0 radical (unpaired) electrons. The molecule has 0 spiro atoms. The number of amides is 1. The molecule has 4 rings (SSSR count). The van der Waals surface area contributed by atoms with Gasteiger partial charge >= 0.3 is 0 Å². The van der Waals surface area contributed by atoms with E-state index in [9.17, 15) is 9.18 Å². The monoisotopic (exact) mass is 536 g/mol. The summed E-state index contributed by atoms with van der Waals surface area (Å²) >= 11 is 14.0. The van der Waals surface area contributed by atoms with Gasteiger partial charge in [0.15, 0.2) is 0 Å². The fourth-order valence-corrected chi connectivity index (χ4v) is 5.42. The predicted octanol–water partition coefficient (Wildman–Crippen LogP) is 5.83. The maximum atomic E-state index is 13.0. The van der Waals surface area contributed by atoms with Gasteiger partial charge < -0.3 is 9.84 Å². The molecule has 0 bridgehead atoms. The zero-order valence-corrected chi connectivity index (χ0v) is 21.5. The number of carbonyl (C=O) groups excluding carboxylic acids is 1. The standard InChI is InChI=1S/C25H27Cl2FN4O2S/c26-19-6-9-21(22(27)13-19)24-30-23(34-31-24)15-32-11-1-3-18(14-32)25(33)29-10-2-12-35-16-17-4-7-20(28)8-5-17/h4-9,13,18H,1-3,10-12,14-16H2,(H,29,33). The molecular formula is C25H27Cl2FN4O2S. The lowest BCUT2D eigenvalue weighted by molar-refractivity contribution is -0.126. The van der Waals surface area contributed by atoms with E-state index >= 15 is 0 Å². The Bertz CT molecular complexity index is 1130. The largest absolute Gasteiger partial charge is 0.356 e.